The third-order valence-electron chi connectivity index (χ3n) is 4.54. The van der Waals surface area contributed by atoms with E-state index in [9.17, 15) is 10.1 Å². The van der Waals surface area contributed by atoms with E-state index in [0.29, 0.717) is 17.4 Å². The Morgan fingerprint density at radius 2 is 1.69 bits per heavy atom. The van der Waals surface area contributed by atoms with E-state index in [2.05, 4.69) is 9.97 Å². The second kappa shape index (κ2) is 8.28. The van der Waals surface area contributed by atoms with Crippen LogP contribution in [0.15, 0.2) is 89.0 Å². The molecule has 0 spiro atoms. The topological polar surface area (TPSA) is 72.2 Å². The molecule has 144 valence electrons. The van der Waals surface area contributed by atoms with E-state index in [1.54, 1.807) is 0 Å². The van der Waals surface area contributed by atoms with E-state index in [4.69, 9.17) is 0 Å². The first-order chi connectivity index (χ1) is 14.2. The Morgan fingerprint density at radius 1 is 0.966 bits per heavy atom. The van der Waals surface area contributed by atoms with Crippen LogP contribution in [0.3, 0.4) is 0 Å². The van der Waals surface area contributed by atoms with Crippen LogP contribution in [0.5, 0.6) is 0 Å². The van der Waals surface area contributed by atoms with E-state index in [1.165, 1.54) is 18.1 Å². The van der Waals surface area contributed by atoms with Crippen molar-refractivity contribution in [2.75, 3.05) is 11.4 Å². The van der Waals surface area contributed by atoms with Gasteiger partial charge in [0, 0.05) is 16.8 Å². The van der Waals surface area contributed by atoms with Crippen LogP contribution < -0.4 is 4.90 Å². The quantitative estimate of drug-likeness (QED) is 0.229. The zero-order valence-electron chi connectivity index (χ0n) is 15.7. The minimum atomic E-state index is -0.394. The van der Waals surface area contributed by atoms with Gasteiger partial charge in [-0.15, -0.1) is 0 Å². The van der Waals surface area contributed by atoms with Gasteiger partial charge in [0.05, 0.1) is 10.6 Å². The fraction of sp³-hybridized carbons (Fsp3) is 0.0909. The van der Waals surface area contributed by atoms with Crippen molar-refractivity contribution in [2.45, 2.75) is 16.8 Å². The SMILES string of the molecule is CCN(c1ncnc(Sc2ccccc2)c1[N+](=O)[O-])c1cccc2ccccc12. The van der Waals surface area contributed by atoms with Gasteiger partial charge in [-0.05, 0) is 30.5 Å². The summed E-state index contributed by atoms with van der Waals surface area (Å²) >= 11 is 1.26. The largest absolute Gasteiger partial charge is 0.344 e. The monoisotopic (exact) mass is 402 g/mol. The molecule has 4 rings (SSSR count). The summed E-state index contributed by atoms with van der Waals surface area (Å²) in [5, 5.41) is 14.4. The number of benzene rings is 3. The van der Waals surface area contributed by atoms with Crippen LogP contribution in [0.4, 0.5) is 17.2 Å². The Morgan fingerprint density at radius 3 is 2.45 bits per heavy atom. The molecule has 0 aliphatic carbocycles. The molecule has 6 nitrogen and oxygen atoms in total. The lowest BCUT2D eigenvalue weighted by molar-refractivity contribution is -0.387. The standard InChI is InChI=1S/C22H18N4O2S/c1-2-25(19-14-8-10-16-9-6-7-13-18(16)19)21-20(26(27)28)22(24-15-23-21)29-17-11-4-3-5-12-17/h3-15H,2H2,1H3. The molecule has 0 amide bonds. The maximum Gasteiger partial charge on any atom is 0.344 e. The normalized spacial score (nSPS) is 10.8. The molecule has 3 aromatic carbocycles. The van der Waals surface area contributed by atoms with E-state index < -0.39 is 4.92 Å². The molecular formula is C22H18N4O2S. The second-order valence-corrected chi connectivity index (χ2v) is 7.33. The number of nitro groups is 1. The van der Waals surface area contributed by atoms with Gasteiger partial charge in [-0.3, -0.25) is 10.1 Å². The number of anilines is 2. The van der Waals surface area contributed by atoms with E-state index in [0.717, 1.165) is 21.4 Å². The number of hydrogen-bond donors (Lipinski definition) is 0. The Kier molecular flexibility index (Phi) is 5.39. The molecule has 0 aliphatic heterocycles. The molecule has 0 saturated carbocycles. The Labute approximate surface area is 172 Å². The molecule has 0 fully saturated rings. The molecule has 1 heterocycles. The Bertz CT molecular complexity index is 1160. The summed E-state index contributed by atoms with van der Waals surface area (Å²) in [5.41, 5.74) is 0.791. The van der Waals surface area contributed by atoms with E-state index >= 15 is 0 Å². The predicted octanol–water partition coefficient (Wildman–Crippen LogP) is 5.85. The zero-order chi connectivity index (χ0) is 20.2. The molecule has 0 atom stereocenters. The number of hydrogen-bond acceptors (Lipinski definition) is 6. The van der Waals surface area contributed by atoms with Crippen molar-refractivity contribution in [1.82, 2.24) is 9.97 Å². The van der Waals surface area contributed by atoms with E-state index in [-0.39, 0.29) is 5.69 Å². The first kappa shape index (κ1) is 18.9. The highest BCUT2D eigenvalue weighted by molar-refractivity contribution is 7.99. The molecule has 0 bridgehead atoms. The lowest BCUT2D eigenvalue weighted by Crippen LogP contribution is -2.19. The minimum absolute atomic E-state index is 0.0869. The lowest BCUT2D eigenvalue weighted by atomic mass is 10.1. The van der Waals surface area contributed by atoms with Crippen LogP contribution >= 0.6 is 11.8 Å². The minimum Gasteiger partial charge on any atom is -0.320 e. The van der Waals surface area contributed by atoms with Crippen LogP contribution in [-0.4, -0.2) is 21.4 Å². The van der Waals surface area contributed by atoms with Crippen molar-refractivity contribution in [3.63, 3.8) is 0 Å². The van der Waals surface area contributed by atoms with Gasteiger partial charge in [0.2, 0.25) is 5.82 Å². The Balaban J connectivity index is 1.86. The highest BCUT2D eigenvalue weighted by atomic mass is 32.2. The van der Waals surface area contributed by atoms with E-state index in [1.807, 2.05) is 84.6 Å². The molecule has 0 saturated heterocycles. The second-order valence-electron chi connectivity index (χ2n) is 6.27. The van der Waals surface area contributed by atoms with Crippen LogP contribution in [0.1, 0.15) is 6.92 Å². The predicted molar refractivity (Wildman–Crippen MR) is 116 cm³/mol. The van der Waals surface area contributed by atoms with Gasteiger partial charge in [0.15, 0.2) is 5.03 Å². The molecule has 0 N–H and O–H groups in total. The number of rotatable bonds is 6. The summed E-state index contributed by atoms with van der Waals surface area (Å²) < 4.78 is 0. The number of nitrogens with zero attached hydrogens (tertiary/aromatic N) is 4. The molecule has 7 heteroatoms. The van der Waals surface area contributed by atoms with Crippen molar-refractivity contribution in [3.8, 4) is 0 Å². The first-order valence-corrected chi connectivity index (χ1v) is 9.98. The smallest absolute Gasteiger partial charge is 0.320 e. The average molecular weight is 402 g/mol. The summed E-state index contributed by atoms with van der Waals surface area (Å²) in [6.45, 7) is 2.49. The average Bonchev–Trinajstić information content (AvgIpc) is 2.75. The Hall–Kier alpha value is -3.45. The first-order valence-electron chi connectivity index (χ1n) is 9.16. The summed E-state index contributed by atoms with van der Waals surface area (Å²) in [4.78, 5) is 22.9. The highest BCUT2D eigenvalue weighted by Gasteiger charge is 2.28. The van der Waals surface area contributed by atoms with Crippen LogP contribution in [0, 0.1) is 10.1 Å². The fourth-order valence-corrected chi connectivity index (χ4v) is 4.14. The highest BCUT2D eigenvalue weighted by Crippen LogP contribution is 2.41. The van der Waals surface area contributed by atoms with Gasteiger partial charge in [0.25, 0.3) is 0 Å². The maximum atomic E-state index is 12.0. The van der Waals surface area contributed by atoms with Gasteiger partial charge in [-0.1, -0.05) is 66.4 Å². The van der Waals surface area contributed by atoms with Crippen LogP contribution in [-0.2, 0) is 0 Å². The molecule has 29 heavy (non-hydrogen) atoms. The third-order valence-corrected chi connectivity index (χ3v) is 5.54. The lowest BCUT2D eigenvalue weighted by Gasteiger charge is -2.23. The van der Waals surface area contributed by atoms with Gasteiger partial charge in [-0.25, -0.2) is 9.97 Å². The van der Waals surface area contributed by atoms with Crippen molar-refractivity contribution >= 4 is 39.7 Å². The number of aromatic nitrogens is 2. The molecule has 4 aromatic rings. The summed E-state index contributed by atoms with van der Waals surface area (Å²) in [7, 11) is 0. The van der Waals surface area contributed by atoms with Crippen molar-refractivity contribution in [3.05, 3.63) is 89.2 Å². The van der Waals surface area contributed by atoms with Crippen molar-refractivity contribution in [1.29, 1.82) is 0 Å². The summed E-state index contributed by atoms with van der Waals surface area (Å²) in [5.74, 6) is 0.294. The fourth-order valence-electron chi connectivity index (χ4n) is 3.26. The van der Waals surface area contributed by atoms with Crippen LogP contribution in [0.2, 0.25) is 0 Å². The van der Waals surface area contributed by atoms with Crippen molar-refractivity contribution in [2.24, 2.45) is 0 Å². The van der Waals surface area contributed by atoms with Gasteiger partial charge in [0.1, 0.15) is 6.33 Å². The molecule has 0 aliphatic rings. The molecule has 0 radical (unpaired) electrons. The third kappa shape index (κ3) is 3.77. The zero-order valence-corrected chi connectivity index (χ0v) is 16.5. The molecule has 0 unspecified atom stereocenters. The number of fused-ring (bicyclic) bond motifs is 1. The molecule has 1 aromatic heterocycles. The van der Waals surface area contributed by atoms with Crippen LogP contribution in [0.25, 0.3) is 10.8 Å². The summed E-state index contributed by atoms with van der Waals surface area (Å²) in [6, 6.07) is 23.4. The maximum absolute atomic E-state index is 12.0. The van der Waals surface area contributed by atoms with Gasteiger partial charge < -0.3 is 4.90 Å². The van der Waals surface area contributed by atoms with Gasteiger partial charge in [-0.2, -0.15) is 0 Å². The molecular weight excluding hydrogens is 384 g/mol. The van der Waals surface area contributed by atoms with Gasteiger partial charge >= 0.3 is 5.69 Å². The van der Waals surface area contributed by atoms with Crippen molar-refractivity contribution < 1.29 is 4.92 Å². The summed E-state index contributed by atoms with van der Waals surface area (Å²) in [6.07, 6.45) is 1.39.